The van der Waals surface area contributed by atoms with Crippen molar-refractivity contribution in [3.63, 3.8) is 0 Å². The third kappa shape index (κ3) is 7.79. The molecule has 0 atom stereocenters. The molecule has 1 aliphatic heterocycles. The third-order valence-electron chi connectivity index (χ3n) is 4.89. The molecule has 156 valence electrons. The van der Waals surface area contributed by atoms with Crippen molar-refractivity contribution in [3.8, 4) is 0 Å². The molecule has 1 heterocycles. The van der Waals surface area contributed by atoms with Crippen molar-refractivity contribution < 1.29 is 19.1 Å². The van der Waals surface area contributed by atoms with Crippen molar-refractivity contribution in [3.05, 3.63) is 35.9 Å². The Balaban J connectivity index is 1.61. The molecule has 0 aliphatic carbocycles. The molecular weight excluding hydrogens is 356 g/mol. The van der Waals surface area contributed by atoms with Crippen LogP contribution in [-0.4, -0.2) is 54.3 Å². The van der Waals surface area contributed by atoms with Crippen LogP contribution in [-0.2, 0) is 16.1 Å². The van der Waals surface area contributed by atoms with E-state index in [4.69, 9.17) is 9.47 Å². The molecule has 0 saturated carbocycles. The van der Waals surface area contributed by atoms with Gasteiger partial charge in [-0.3, -0.25) is 0 Å². The number of likely N-dealkylation sites (tertiary alicyclic amines) is 1. The zero-order valence-corrected chi connectivity index (χ0v) is 17.6. The summed E-state index contributed by atoms with van der Waals surface area (Å²) in [6.45, 7) is 8.09. The molecule has 0 spiro atoms. The minimum Gasteiger partial charge on any atom is -0.445 e. The number of piperidine rings is 1. The van der Waals surface area contributed by atoms with Gasteiger partial charge in [-0.2, -0.15) is 0 Å². The largest absolute Gasteiger partial charge is 0.445 e. The van der Waals surface area contributed by atoms with Gasteiger partial charge in [0.25, 0.3) is 0 Å². The van der Waals surface area contributed by atoms with E-state index in [1.807, 2.05) is 51.1 Å². The molecule has 0 radical (unpaired) electrons. The summed E-state index contributed by atoms with van der Waals surface area (Å²) in [5.41, 5.74) is 0.535. The monoisotopic (exact) mass is 390 g/mol. The molecular formula is C22H34N2O4. The molecule has 1 fully saturated rings. The molecule has 0 bridgehead atoms. The predicted molar refractivity (Wildman–Crippen MR) is 109 cm³/mol. The van der Waals surface area contributed by atoms with Crippen LogP contribution in [0.1, 0.15) is 52.0 Å². The molecule has 0 unspecified atom stereocenters. The van der Waals surface area contributed by atoms with Crippen molar-refractivity contribution in [2.24, 2.45) is 5.92 Å². The van der Waals surface area contributed by atoms with Gasteiger partial charge in [0.1, 0.15) is 12.2 Å². The summed E-state index contributed by atoms with van der Waals surface area (Å²) in [6.07, 6.45) is 3.46. The summed E-state index contributed by atoms with van der Waals surface area (Å²) < 4.78 is 10.8. The Bertz CT molecular complexity index is 619. The maximum atomic E-state index is 12.2. The van der Waals surface area contributed by atoms with Crippen molar-refractivity contribution in [1.29, 1.82) is 0 Å². The highest BCUT2D eigenvalue weighted by atomic mass is 16.6. The molecule has 1 aromatic carbocycles. The molecule has 6 heteroatoms. The number of rotatable bonds is 6. The van der Waals surface area contributed by atoms with Crippen LogP contribution in [0.4, 0.5) is 9.59 Å². The summed E-state index contributed by atoms with van der Waals surface area (Å²) in [6, 6.07) is 9.73. The first kappa shape index (κ1) is 22.1. The first-order valence-corrected chi connectivity index (χ1v) is 10.1. The Morgan fingerprint density at radius 1 is 1.14 bits per heavy atom. The van der Waals surface area contributed by atoms with E-state index in [2.05, 4.69) is 0 Å². The molecule has 0 aromatic heterocycles. The number of carbonyl (C=O) groups is 2. The molecule has 1 aromatic rings. The lowest BCUT2D eigenvalue weighted by Crippen LogP contribution is -2.39. The lowest BCUT2D eigenvalue weighted by atomic mass is 9.92. The topological polar surface area (TPSA) is 59.1 Å². The van der Waals surface area contributed by atoms with Gasteiger partial charge >= 0.3 is 12.2 Å². The van der Waals surface area contributed by atoms with Gasteiger partial charge in [0.2, 0.25) is 0 Å². The Kier molecular flexibility index (Phi) is 8.15. The molecule has 28 heavy (non-hydrogen) atoms. The van der Waals surface area contributed by atoms with Crippen LogP contribution >= 0.6 is 0 Å². The van der Waals surface area contributed by atoms with Gasteiger partial charge < -0.3 is 19.3 Å². The van der Waals surface area contributed by atoms with E-state index in [0.29, 0.717) is 19.1 Å². The standard InChI is InChI=1S/C22H34N2O4/c1-22(2,3)28-20(25)23(4)14-8-11-18-12-15-24(16-13-18)21(26)27-17-19-9-6-5-7-10-19/h5-7,9-10,18H,8,11-17H2,1-4H3. The molecule has 0 N–H and O–H groups in total. The first-order valence-electron chi connectivity index (χ1n) is 10.1. The second kappa shape index (κ2) is 10.3. The number of carbonyl (C=O) groups excluding carboxylic acids is 2. The number of amides is 2. The lowest BCUT2D eigenvalue weighted by molar-refractivity contribution is 0.0291. The summed E-state index contributed by atoms with van der Waals surface area (Å²) >= 11 is 0. The highest BCUT2D eigenvalue weighted by Gasteiger charge is 2.24. The molecule has 1 aliphatic rings. The fourth-order valence-electron chi connectivity index (χ4n) is 3.26. The lowest BCUT2D eigenvalue weighted by Gasteiger charge is -2.31. The van der Waals surface area contributed by atoms with Gasteiger partial charge in [-0.15, -0.1) is 0 Å². The summed E-state index contributed by atoms with van der Waals surface area (Å²) in [7, 11) is 1.78. The normalized spacial score (nSPS) is 15.2. The number of hydrogen-bond acceptors (Lipinski definition) is 4. The second-order valence-electron chi connectivity index (χ2n) is 8.51. The van der Waals surface area contributed by atoms with Crippen LogP contribution in [0, 0.1) is 5.92 Å². The Morgan fingerprint density at radius 3 is 2.39 bits per heavy atom. The summed E-state index contributed by atoms with van der Waals surface area (Å²) in [4.78, 5) is 27.6. The summed E-state index contributed by atoms with van der Waals surface area (Å²) in [5.74, 6) is 0.588. The van der Waals surface area contributed by atoms with Crippen LogP contribution in [0.5, 0.6) is 0 Å². The maximum Gasteiger partial charge on any atom is 0.410 e. The highest BCUT2D eigenvalue weighted by Crippen LogP contribution is 2.23. The van der Waals surface area contributed by atoms with Crippen LogP contribution in [0.3, 0.4) is 0 Å². The van der Waals surface area contributed by atoms with E-state index >= 15 is 0 Å². The van der Waals surface area contributed by atoms with Gasteiger partial charge in [-0.05, 0) is 57.9 Å². The van der Waals surface area contributed by atoms with Gasteiger partial charge in [0.05, 0.1) is 0 Å². The smallest absolute Gasteiger partial charge is 0.410 e. The van der Waals surface area contributed by atoms with Crippen LogP contribution in [0.25, 0.3) is 0 Å². The average molecular weight is 391 g/mol. The van der Waals surface area contributed by atoms with E-state index in [-0.39, 0.29) is 12.2 Å². The van der Waals surface area contributed by atoms with Crippen molar-refractivity contribution in [2.75, 3.05) is 26.7 Å². The molecule has 2 amide bonds. The van der Waals surface area contributed by atoms with Crippen LogP contribution in [0.2, 0.25) is 0 Å². The van der Waals surface area contributed by atoms with Crippen molar-refractivity contribution in [2.45, 2.75) is 58.7 Å². The summed E-state index contributed by atoms with van der Waals surface area (Å²) in [5, 5.41) is 0. The Hall–Kier alpha value is -2.24. The van der Waals surface area contributed by atoms with Crippen LogP contribution in [0.15, 0.2) is 30.3 Å². The van der Waals surface area contributed by atoms with Crippen molar-refractivity contribution in [1.82, 2.24) is 9.80 Å². The van der Waals surface area contributed by atoms with Gasteiger partial charge in [0, 0.05) is 26.7 Å². The highest BCUT2D eigenvalue weighted by molar-refractivity contribution is 5.68. The van der Waals surface area contributed by atoms with E-state index in [1.165, 1.54) is 0 Å². The fourth-order valence-corrected chi connectivity index (χ4v) is 3.26. The predicted octanol–water partition coefficient (Wildman–Crippen LogP) is 4.68. The zero-order valence-electron chi connectivity index (χ0n) is 17.6. The Morgan fingerprint density at radius 2 is 1.79 bits per heavy atom. The van der Waals surface area contributed by atoms with Gasteiger partial charge in [-0.1, -0.05) is 30.3 Å². The third-order valence-corrected chi connectivity index (χ3v) is 4.89. The van der Waals surface area contributed by atoms with Gasteiger partial charge in [0.15, 0.2) is 0 Å². The zero-order chi connectivity index (χ0) is 20.6. The van der Waals surface area contributed by atoms with Crippen LogP contribution < -0.4 is 0 Å². The van der Waals surface area contributed by atoms with Crippen molar-refractivity contribution >= 4 is 12.2 Å². The van der Waals surface area contributed by atoms with E-state index < -0.39 is 5.60 Å². The number of benzene rings is 1. The molecule has 6 nitrogen and oxygen atoms in total. The fraction of sp³-hybridized carbons (Fsp3) is 0.636. The van der Waals surface area contributed by atoms with Gasteiger partial charge in [-0.25, -0.2) is 9.59 Å². The number of hydrogen-bond donors (Lipinski definition) is 0. The Labute approximate surface area is 168 Å². The molecule has 2 rings (SSSR count). The molecule has 1 saturated heterocycles. The van der Waals surface area contributed by atoms with E-state index in [1.54, 1.807) is 16.8 Å². The first-order chi connectivity index (χ1) is 13.2. The maximum absolute atomic E-state index is 12.2. The van der Waals surface area contributed by atoms with E-state index in [0.717, 1.165) is 44.3 Å². The minimum atomic E-state index is -0.465. The SMILES string of the molecule is CN(CCCC1CCN(C(=O)OCc2ccccc2)CC1)C(=O)OC(C)(C)C. The number of ether oxygens (including phenoxy) is 2. The number of nitrogens with zero attached hydrogens (tertiary/aromatic N) is 2. The second-order valence-corrected chi connectivity index (χ2v) is 8.51. The quantitative estimate of drug-likeness (QED) is 0.707. The van der Waals surface area contributed by atoms with E-state index in [9.17, 15) is 9.59 Å². The average Bonchev–Trinajstić information content (AvgIpc) is 2.66. The minimum absolute atomic E-state index is 0.230.